The number of hydrogen-bond donors (Lipinski definition) is 1. The molecule has 0 fully saturated rings. The van der Waals surface area contributed by atoms with Crippen LogP contribution in [0.1, 0.15) is 17.0 Å². The summed E-state index contributed by atoms with van der Waals surface area (Å²) in [5.74, 6) is 0.636. The molecule has 0 amide bonds. The van der Waals surface area contributed by atoms with Crippen LogP contribution in [0.4, 0.5) is 11.4 Å². The van der Waals surface area contributed by atoms with Gasteiger partial charge in [0.1, 0.15) is 5.75 Å². The first-order valence-electron chi connectivity index (χ1n) is 8.36. The van der Waals surface area contributed by atoms with Gasteiger partial charge < -0.3 is 9.26 Å². The summed E-state index contributed by atoms with van der Waals surface area (Å²) in [6.45, 7) is 1.48. The second-order valence-electron chi connectivity index (χ2n) is 5.97. The van der Waals surface area contributed by atoms with E-state index in [1.54, 1.807) is 42.5 Å². The van der Waals surface area contributed by atoms with E-state index in [9.17, 15) is 18.5 Å². The normalized spacial score (nSPS) is 11.5. The summed E-state index contributed by atoms with van der Waals surface area (Å²) in [7, 11) is -2.24. The zero-order valence-corrected chi connectivity index (χ0v) is 16.3. The molecule has 0 aliphatic carbocycles. The largest absolute Gasteiger partial charge is 0.497 e. The van der Waals surface area contributed by atoms with Crippen molar-refractivity contribution in [3.63, 3.8) is 0 Å². The second kappa shape index (κ2) is 8.15. The molecule has 0 aliphatic heterocycles. The molecule has 150 valence electrons. The van der Waals surface area contributed by atoms with E-state index in [-0.39, 0.29) is 22.0 Å². The Bertz CT molecular complexity index is 1150. The van der Waals surface area contributed by atoms with Crippen molar-refractivity contribution in [2.45, 2.75) is 11.8 Å². The van der Waals surface area contributed by atoms with Crippen LogP contribution in [0.15, 0.2) is 57.9 Å². The number of aromatic nitrogens is 1. The third-order valence-electron chi connectivity index (χ3n) is 4.00. The lowest BCUT2D eigenvalue weighted by atomic mass is 10.2. The van der Waals surface area contributed by atoms with Crippen LogP contribution in [-0.4, -0.2) is 25.6 Å². The highest BCUT2D eigenvalue weighted by atomic mass is 32.2. The molecular formula is C19H17N3O6S. The number of anilines is 1. The fourth-order valence-electron chi connectivity index (χ4n) is 2.52. The minimum Gasteiger partial charge on any atom is -0.497 e. The van der Waals surface area contributed by atoms with Gasteiger partial charge in [-0.05, 0) is 55.0 Å². The van der Waals surface area contributed by atoms with Gasteiger partial charge in [0, 0.05) is 5.69 Å². The third-order valence-corrected chi connectivity index (χ3v) is 5.40. The average Bonchev–Trinajstić information content (AvgIpc) is 3.07. The van der Waals surface area contributed by atoms with Crippen LogP contribution in [0.25, 0.3) is 12.2 Å². The van der Waals surface area contributed by atoms with Gasteiger partial charge in [0.2, 0.25) is 5.76 Å². The maximum Gasteiger partial charge on any atom is 0.338 e. The number of sulfonamides is 1. The number of ether oxygens (including phenoxy) is 1. The lowest BCUT2D eigenvalue weighted by molar-refractivity contribution is -0.386. The summed E-state index contributed by atoms with van der Waals surface area (Å²) in [5, 5.41) is 14.6. The number of nitrogens with zero attached hydrogens (tertiary/aromatic N) is 2. The molecule has 0 saturated carbocycles. The molecule has 2 aromatic carbocycles. The fourth-order valence-corrected chi connectivity index (χ4v) is 3.58. The van der Waals surface area contributed by atoms with Crippen molar-refractivity contribution in [2.75, 3.05) is 11.8 Å². The zero-order valence-electron chi connectivity index (χ0n) is 15.5. The van der Waals surface area contributed by atoms with Crippen LogP contribution >= 0.6 is 0 Å². The van der Waals surface area contributed by atoms with E-state index in [1.807, 2.05) is 0 Å². The summed E-state index contributed by atoms with van der Waals surface area (Å²) in [5.41, 5.74) is 1.02. The highest BCUT2D eigenvalue weighted by molar-refractivity contribution is 7.92. The zero-order chi connectivity index (χ0) is 21.0. The standard InChI is InChI=1S/C19H17N3O6S/c1-13-19(22(23)24)18(28-20-13)12-5-14-3-10-17(11-4-14)29(25,26)21-15-6-8-16(27-2)9-7-15/h3-12,21H,1-2H3/b12-5+. The van der Waals surface area contributed by atoms with Crippen LogP contribution in [0.5, 0.6) is 5.75 Å². The Morgan fingerprint density at radius 1 is 1.10 bits per heavy atom. The molecule has 9 nitrogen and oxygen atoms in total. The average molecular weight is 415 g/mol. The summed E-state index contributed by atoms with van der Waals surface area (Å²) < 4.78 is 37.5. The molecule has 0 bridgehead atoms. The summed E-state index contributed by atoms with van der Waals surface area (Å²) >= 11 is 0. The topological polar surface area (TPSA) is 125 Å². The Hall–Kier alpha value is -3.66. The monoisotopic (exact) mass is 415 g/mol. The molecular weight excluding hydrogens is 398 g/mol. The van der Waals surface area contributed by atoms with E-state index in [0.717, 1.165) is 0 Å². The lowest BCUT2D eigenvalue weighted by Gasteiger charge is -2.09. The predicted octanol–water partition coefficient (Wildman–Crippen LogP) is 3.87. The van der Waals surface area contributed by atoms with Crippen LogP contribution in [0.2, 0.25) is 0 Å². The summed E-state index contributed by atoms with van der Waals surface area (Å²) in [6.07, 6.45) is 2.98. The quantitative estimate of drug-likeness (QED) is 0.459. The number of rotatable bonds is 7. The van der Waals surface area contributed by atoms with Crippen LogP contribution in [-0.2, 0) is 10.0 Å². The molecule has 1 N–H and O–H groups in total. The van der Waals surface area contributed by atoms with Gasteiger partial charge in [-0.25, -0.2) is 8.42 Å². The first-order chi connectivity index (χ1) is 13.8. The maximum atomic E-state index is 12.5. The Balaban J connectivity index is 1.76. The van der Waals surface area contributed by atoms with Crippen molar-refractivity contribution >= 4 is 33.6 Å². The third kappa shape index (κ3) is 4.61. The first-order valence-corrected chi connectivity index (χ1v) is 9.84. The molecule has 3 rings (SSSR count). The van der Waals surface area contributed by atoms with Gasteiger partial charge in [0.05, 0.1) is 16.9 Å². The molecule has 3 aromatic rings. The lowest BCUT2D eigenvalue weighted by Crippen LogP contribution is -2.12. The molecule has 1 heterocycles. The molecule has 0 spiro atoms. The van der Waals surface area contributed by atoms with E-state index in [1.165, 1.54) is 32.2 Å². The number of nitrogens with one attached hydrogen (secondary N) is 1. The highest BCUT2D eigenvalue weighted by Crippen LogP contribution is 2.25. The molecule has 0 atom stereocenters. The Morgan fingerprint density at radius 3 is 2.34 bits per heavy atom. The summed E-state index contributed by atoms with van der Waals surface area (Å²) in [6, 6.07) is 12.5. The molecule has 0 unspecified atom stereocenters. The van der Waals surface area contributed by atoms with E-state index >= 15 is 0 Å². The fraction of sp³-hybridized carbons (Fsp3) is 0.105. The van der Waals surface area contributed by atoms with Crippen LogP contribution < -0.4 is 9.46 Å². The van der Waals surface area contributed by atoms with Gasteiger partial charge in [-0.1, -0.05) is 23.4 Å². The molecule has 10 heteroatoms. The number of methoxy groups -OCH3 is 1. The van der Waals surface area contributed by atoms with E-state index in [0.29, 0.717) is 17.0 Å². The highest BCUT2D eigenvalue weighted by Gasteiger charge is 2.22. The van der Waals surface area contributed by atoms with Crippen molar-refractivity contribution < 1.29 is 22.6 Å². The molecule has 29 heavy (non-hydrogen) atoms. The van der Waals surface area contributed by atoms with Crippen molar-refractivity contribution in [3.05, 3.63) is 75.7 Å². The van der Waals surface area contributed by atoms with Gasteiger partial charge in [-0.2, -0.15) is 0 Å². The Kier molecular flexibility index (Phi) is 5.64. The van der Waals surface area contributed by atoms with E-state index < -0.39 is 14.9 Å². The van der Waals surface area contributed by atoms with Crippen LogP contribution in [0, 0.1) is 17.0 Å². The van der Waals surface area contributed by atoms with E-state index in [4.69, 9.17) is 9.26 Å². The molecule has 0 radical (unpaired) electrons. The predicted molar refractivity (Wildman–Crippen MR) is 107 cm³/mol. The van der Waals surface area contributed by atoms with Crippen molar-refractivity contribution in [2.24, 2.45) is 0 Å². The van der Waals surface area contributed by atoms with Crippen molar-refractivity contribution in [3.8, 4) is 5.75 Å². The van der Waals surface area contributed by atoms with Gasteiger partial charge >= 0.3 is 5.69 Å². The van der Waals surface area contributed by atoms with Gasteiger partial charge in [0.25, 0.3) is 10.0 Å². The molecule has 0 aliphatic rings. The SMILES string of the molecule is COc1ccc(NS(=O)(=O)c2ccc(/C=C/c3onc(C)c3[N+](=O)[O-])cc2)cc1. The molecule has 0 saturated heterocycles. The number of benzene rings is 2. The summed E-state index contributed by atoms with van der Waals surface area (Å²) in [4.78, 5) is 10.6. The Labute approximate surface area is 166 Å². The number of hydrogen-bond acceptors (Lipinski definition) is 7. The van der Waals surface area contributed by atoms with Crippen molar-refractivity contribution in [1.29, 1.82) is 0 Å². The number of nitro groups is 1. The van der Waals surface area contributed by atoms with Gasteiger partial charge in [0.15, 0.2) is 5.69 Å². The van der Waals surface area contributed by atoms with Gasteiger partial charge in [-0.15, -0.1) is 0 Å². The number of aryl methyl sites for hydroxylation is 1. The second-order valence-corrected chi connectivity index (χ2v) is 7.66. The van der Waals surface area contributed by atoms with E-state index in [2.05, 4.69) is 9.88 Å². The van der Waals surface area contributed by atoms with Crippen LogP contribution in [0.3, 0.4) is 0 Å². The minimum atomic E-state index is -3.76. The minimum absolute atomic E-state index is 0.0189. The molecule has 1 aromatic heterocycles. The Morgan fingerprint density at radius 2 is 1.76 bits per heavy atom. The first kappa shape index (κ1) is 20.1. The van der Waals surface area contributed by atoms with Crippen molar-refractivity contribution in [1.82, 2.24) is 5.16 Å². The maximum absolute atomic E-state index is 12.5. The van der Waals surface area contributed by atoms with Gasteiger partial charge in [-0.3, -0.25) is 14.8 Å². The smallest absolute Gasteiger partial charge is 0.338 e.